The number of hydrogen-bond donors (Lipinski definition) is 1. The SMILES string of the molecule is CCCn1cccc1CN[C@@H](C)c1ccc(Br)cc1. The van der Waals surface area contributed by atoms with Crippen LogP contribution in [0.2, 0.25) is 0 Å². The van der Waals surface area contributed by atoms with E-state index < -0.39 is 0 Å². The maximum atomic E-state index is 3.58. The van der Waals surface area contributed by atoms with Crippen molar-refractivity contribution in [3.8, 4) is 0 Å². The number of aromatic nitrogens is 1. The van der Waals surface area contributed by atoms with Gasteiger partial charge in [0.05, 0.1) is 0 Å². The minimum atomic E-state index is 0.359. The molecule has 1 N–H and O–H groups in total. The maximum absolute atomic E-state index is 3.58. The Labute approximate surface area is 124 Å². The molecule has 0 spiro atoms. The second kappa shape index (κ2) is 6.92. The van der Waals surface area contributed by atoms with Crippen molar-refractivity contribution >= 4 is 15.9 Å². The summed E-state index contributed by atoms with van der Waals surface area (Å²) >= 11 is 3.47. The summed E-state index contributed by atoms with van der Waals surface area (Å²) in [5.74, 6) is 0. The molecule has 0 unspecified atom stereocenters. The molecule has 0 aliphatic rings. The Morgan fingerprint density at radius 2 is 1.95 bits per heavy atom. The van der Waals surface area contributed by atoms with E-state index in [4.69, 9.17) is 0 Å². The molecule has 0 fully saturated rings. The highest BCUT2D eigenvalue weighted by atomic mass is 79.9. The average Bonchev–Trinajstić information content (AvgIpc) is 2.85. The summed E-state index contributed by atoms with van der Waals surface area (Å²) < 4.78 is 3.45. The molecule has 0 saturated heterocycles. The van der Waals surface area contributed by atoms with Gasteiger partial charge in [-0.25, -0.2) is 0 Å². The summed E-state index contributed by atoms with van der Waals surface area (Å²) in [6.07, 6.45) is 3.33. The van der Waals surface area contributed by atoms with E-state index in [1.165, 1.54) is 17.7 Å². The van der Waals surface area contributed by atoms with Crippen LogP contribution in [0, 0.1) is 0 Å². The van der Waals surface area contributed by atoms with Gasteiger partial charge < -0.3 is 9.88 Å². The van der Waals surface area contributed by atoms with E-state index >= 15 is 0 Å². The van der Waals surface area contributed by atoms with Crippen molar-refractivity contribution in [1.29, 1.82) is 0 Å². The van der Waals surface area contributed by atoms with Crippen molar-refractivity contribution in [3.63, 3.8) is 0 Å². The normalized spacial score (nSPS) is 12.6. The first kappa shape index (κ1) is 14.4. The van der Waals surface area contributed by atoms with Crippen molar-refractivity contribution < 1.29 is 0 Å². The molecule has 0 aliphatic heterocycles. The fourth-order valence-corrected chi connectivity index (χ4v) is 2.46. The number of rotatable bonds is 6. The molecule has 0 aliphatic carbocycles. The Hall–Kier alpha value is -1.06. The van der Waals surface area contributed by atoms with Gasteiger partial charge in [-0.2, -0.15) is 0 Å². The third-order valence-electron chi connectivity index (χ3n) is 3.35. The zero-order chi connectivity index (χ0) is 13.7. The average molecular weight is 321 g/mol. The predicted molar refractivity (Wildman–Crippen MR) is 84.1 cm³/mol. The van der Waals surface area contributed by atoms with Gasteiger partial charge in [0.15, 0.2) is 0 Å². The lowest BCUT2D eigenvalue weighted by atomic mass is 10.1. The van der Waals surface area contributed by atoms with Crippen molar-refractivity contribution in [1.82, 2.24) is 9.88 Å². The summed E-state index contributed by atoms with van der Waals surface area (Å²) in [7, 11) is 0. The second-order valence-electron chi connectivity index (χ2n) is 4.85. The molecule has 0 amide bonds. The van der Waals surface area contributed by atoms with Crippen LogP contribution in [0.1, 0.15) is 37.6 Å². The van der Waals surface area contributed by atoms with Crippen LogP contribution in [-0.2, 0) is 13.1 Å². The van der Waals surface area contributed by atoms with E-state index in [1.54, 1.807) is 0 Å². The van der Waals surface area contributed by atoms with Crippen LogP contribution in [-0.4, -0.2) is 4.57 Å². The van der Waals surface area contributed by atoms with Gasteiger partial charge in [-0.1, -0.05) is 35.0 Å². The van der Waals surface area contributed by atoms with Crippen LogP contribution >= 0.6 is 15.9 Å². The minimum Gasteiger partial charge on any atom is -0.350 e. The van der Waals surface area contributed by atoms with E-state index in [0.717, 1.165) is 17.6 Å². The van der Waals surface area contributed by atoms with Gasteiger partial charge in [-0.05, 0) is 43.2 Å². The quantitative estimate of drug-likeness (QED) is 0.828. The number of halogens is 1. The standard InChI is InChI=1S/C16H21BrN2/c1-3-10-19-11-4-5-16(19)12-18-13(2)14-6-8-15(17)9-7-14/h4-9,11,13,18H,3,10,12H2,1-2H3/t13-/m0/s1. The molecule has 2 nitrogen and oxygen atoms in total. The molecule has 0 radical (unpaired) electrons. The summed E-state index contributed by atoms with van der Waals surface area (Å²) in [5.41, 5.74) is 2.67. The number of hydrogen-bond acceptors (Lipinski definition) is 1. The third kappa shape index (κ3) is 3.95. The first-order valence-electron chi connectivity index (χ1n) is 6.83. The highest BCUT2D eigenvalue weighted by Crippen LogP contribution is 2.17. The van der Waals surface area contributed by atoms with E-state index in [9.17, 15) is 0 Å². The Morgan fingerprint density at radius 3 is 2.63 bits per heavy atom. The molecule has 19 heavy (non-hydrogen) atoms. The van der Waals surface area contributed by atoms with E-state index in [1.807, 2.05) is 0 Å². The lowest BCUT2D eigenvalue weighted by Gasteiger charge is -2.15. The molecule has 1 aromatic carbocycles. The monoisotopic (exact) mass is 320 g/mol. The maximum Gasteiger partial charge on any atom is 0.0364 e. The van der Waals surface area contributed by atoms with Crippen LogP contribution in [0.3, 0.4) is 0 Å². The first-order valence-corrected chi connectivity index (χ1v) is 7.63. The molecule has 1 heterocycles. The smallest absolute Gasteiger partial charge is 0.0364 e. The zero-order valence-corrected chi connectivity index (χ0v) is 13.2. The highest BCUT2D eigenvalue weighted by molar-refractivity contribution is 9.10. The molecular weight excluding hydrogens is 300 g/mol. The number of benzene rings is 1. The Bertz CT molecular complexity index is 502. The molecule has 1 aromatic heterocycles. The van der Waals surface area contributed by atoms with E-state index in [-0.39, 0.29) is 0 Å². The lowest BCUT2D eigenvalue weighted by Crippen LogP contribution is -2.20. The number of nitrogens with zero attached hydrogens (tertiary/aromatic N) is 1. The van der Waals surface area contributed by atoms with Crippen LogP contribution in [0.5, 0.6) is 0 Å². The molecule has 102 valence electrons. The molecule has 0 bridgehead atoms. The number of nitrogens with one attached hydrogen (secondary N) is 1. The van der Waals surface area contributed by atoms with Crippen molar-refractivity contribution in [2.45, 2.75) is 39.4 Å². The van der Waals surface area contributed by atoms with E-state index in [2.05, 4.69) is 82.3 Å². The van der Waals surface area contributed by atoms with Gasteiger partial charge in [-0.15, -0.1) is 0 Å². The summed E-state index contributed by atoms with van der Waals surface area (Å²) in [4.78, 5) is 0. The van der Waals surface area contributed by atoms with Gasteiger partial charge in [0, 0.05) is 35.5 Å². The van der Waals surface area contributed by atoms with Gasteiger partial charge in [0.25, 0.3) is 0 Å². The lowest BCUT2D eigenvalue weighted by molar-refractivity contribution is 0.542. The predicted octanol–water partition coefficient (Wildman–Crippen LogP) is 4.51. The topological polar surface area (TPSA) is 17.0 Å². The fraction of sp³-hybridized carbons (Fsp3) is 0.375. The molecule has 2 rings (SSSR count). The fourth-order valence-electron chi connectivity index (χ4n) is 2.20. The Kier molecular flexibility index (Phi) is 5.23. The second-order valence-corrected chi connectivity index (χ2v) is 5.76. The van der Waals surface area contributed by atoms with Crippen LogP contribution in [0.15, 0.2) is 47.1 Å². The van der Waals surface area contributed by atoms with Crippen molar-refractivity contribution in [3.05, 3.63) is 58.3 Å². The van der Waals surface area contributed by atoms with Crippen molar-refractivity contribution in [2.24, 2.45) is 0 Å². The summed E-state index contributed by atoms with van der Waals surface area (Å²) in [6.45, 7) is 6.42. The molecule has 1 atom stereocenters. The zero-order valence-electron chi connectivity index (χ0n) is 11.6. The largest absolute Gasteiger partial charge is 0.350 e. The van der Waals surface area contributed by atoms with Crippen LogP contribution in [0.25, 0.3) is 0 Å². The van der Waals surface area contributed by atoms with E-state index in [0.29, 0.717) is 6.04 Å². The Morgan fingerprint density at radius 1 is 1.21 bits per heavy atom. The van der Waals surface area contributed by atoms with Crippen molar-refractivity contribution in [2.75, 3.05) is 0 Å². The molecular formula is C16H21BrN2. The van der Waals surface area contributed by atoms with Crippen LogP contribution in [0.4, 0.5) is 0 Å². The highest BCUT2D eigenvalue weighted by Gasteiger charge is 2.06. The summed E-state index contributed by atoms with van der Waals surface area (Å²) in [6, 6.07) is 13.2. The van der Waals surface area contributed by atoms with Gasteiger partial charge in [0.1, 0.15) is 0 Å². The summed E-state index contributed by atoms with van der Waals surface area (Å²) in [5, 5.41) is 3.58. The third-order valence-corrected chi connectivity index (χ3v) is 3.88. The van der Waals surface area contributed by atoms with Crippen LogP contribution < -0.4 is 5.32 Å². The van der Waals surface area contributed by atoms with Gasteiger partial charge >= 0.3 is 0 Å². The molecule has 2 aromatic rings. The molecule has 0 saturated carbocycles. The number of aryl methyl sites for hydroxylation is 1. The Balaban J connectivity index is 1.94. The first-order chi connectivity index (χ1) is 9.20. The van der Waals surface area contributed by atoms with Gasteiger partial charge in [-0.3, -0.25) is 0 Å². The van der Waals surface area contributed by atoms with Gasteiger partial charge in [0.2, 0.25) is 0 Å². The minimum absolute atomic E-state index is 0.359. The molecule has 3 heteroatoms.